The van der Waals surface area contributed by atoms with Gasteiger partial charge in [0.25, 0.3) is 0 Å². The maximum absolute atomic E-state index is 5.99. The summed E-state index contributed by atoms with van der Waals surface area (Å²) >= 11 is 5.99. The molecule has 0 atom stereocenters. The summed E-state index contributed by atoms with van der Waals surface area (Å²) in [5, 5.41) is 7.08. The van der Waals surface area contributed by atoms with Crippen LogP contribution in [0, 0.1) is 0 Å². The van der Waals surface area contributed by atoms with Crippen LogP contribution < -0.4 is 24.8 Å². The number of benzene rings is 2. The molecule has 0 saturated carbocycles. The number of halogens is 1. The zero-order valence-electron chi connectivity index (χ0n) is 14.7. The Morgan fingerprint density at radius 1 is 0.960 bits per heavy atom. The van der Waals surface area contributed by atoms with E-state index < -0.39 is 0 Å². The fourth-order valence-corrected chi connectivity index (χ4v) is 2.44. The van der Waals surface area contributed by atoms with Gasteiger partial charge in [-0.2, -0.15) is 0 Å². The van der Waals surface area contributed by atoms with Crippen molar-refractivity contribution in [1.29, 1.82) is 0 Å². The van der Waals surface area contributed by atoms with Crippen molar-refractivity contribution >= 4 is 23.2 Å². The number of methoxy groups -OCH3 is 3. The highest BCUT2D eigenvalue weighted by molar-refractivity contribution is 6.30. The van der Waals surface area contributed by atoms with Crippen molar-refractivity contribution < 1.29 is 14.2 Å². The van der Waals surface area contributed by atoms with Crippen LogP contribution in [0.2, 0.25) is 5.02 Å². The van der Waals surface area contributed by atoms with Gasteiger partial charge in [-0.25, -0.2) is 0 Å². The molecule has 0 aliphatic heterocycles. The number of guanidine groups is 1. The van der Waals surface area contributed by atoms with Gasteiger partial charge in [0.05, 0.1) is 21.3 Å². The first-order valence-electron chi connectivity index (χ1n) is 7.63. The average molecular weight is 364 g/mol. The number of ether oxygens (including phenoxy) is 3. The van der Waals surface area contributed by atoms with E-state index in [9.17, 15) is 0 Å². The van der Waals surface area contributed by atoms with E-state index in [1.54, 1.807) is 34.4 Å². The van der Waals surface area contributed by atoms with Crippen LogP contribution in [-0.4, -0.2) is 34.3 Å². The summed E-state index contributed by atoms with van der Waals surface area (Å²) in [6, 6.07) is 11.1. The van der Waals surface area contributed by atoms with Crippen LogP contribution in [0.15, 0.2) is 41.4 Å². The summed E-state index contributed by atoms with van der Waals surface area (Å²) in [6.07, 6.45) is 0. The third kappa shape index (κ3) is 4.93. The lowest BCUT2D eigenvalue weighted by Gasteiger charge is -2.15. The smallest absolute Gasteiger partial charge is 0.195 e. The van der Waals surface area contributed by atoms with Gasteiger partial charge in [0, 0.05) is 35.9 Å². The Labute approximate surface area is 152 Å². The first-order valence-corrected chi connectivity index (χ1v) is 8.01. The number of nitrogens with one attached hydrogen (secondary N) is 2. The van der Waals surface area contributed by atoms with E-state index >= 15 is 0 Å². The molecule has 0 aromatic heterocycles. The van der Waals surface area contributed by atoms with Crippen molar-refractivity contribution in [3.05, 3.63) is 47.0 Å². The van der Waals surface area contributed by atoms with Crippen LogP contribution in [0.25, 0.3) is 0 Å². The molecular weight excluding hydrogens is 342 g/mol. The van der Waals surface area contributed by atoms with Crippen LogP contribution in [-0.2, 0) is 6.54 Å². The normalized spacial score (nSPS) is 11.0. The predicted octanol–water partition coefficient (Wildman–Crippen LogP) is 3.55. The van der Waals surface area contributed by atoms with Gasteiger partial charge in [0.2, 0.25) is 0 Å². The maximum atomic E-state index is 5.99. The number of hydrogen-bond acceptors (Lipinski definition) is 4. The molecule has 0 fully saturated rings. The molecule has 0 spiro atoms. The molecule has 2 rings (SSSR count). The van der Waals surface area contributed by atoms with Crippen LogP contribution >= 0.6 is 11.6 Å². The Morgan fingerprint density at radius 3 is 2.32 bits per heavy atom. The van der Waals surface area contributed by atoms with Gasteiger partial charge >= 0.3 is 0 Å². The zero-order chi connectivity index (χ0) is 18.2. The number of nitrogens with zero attached hydrogens (tertiary/aromatic N) is 1. The Hall–Kier alpha value is -2.60. The van der Waals surface area contributed by atoms with Gasteiger partial charge in [0.1, 0.15) is 5.75 Å². The van der Waals surface area contributed by atoms with Gasteiger partial charge in [-0.15, -0.1) is 0 Å². The molecule has 2 aromatic rings. The third-order valence-corrected chi connectivity index (χ3v) is 3.80. The quantitative estimate of drug-likeness (QED) is 0.607. The molecular formula is C18H22ClN3O3. The maximum Gasteiger partial charge on any atom is 0.195 e. The molecule has 7 heteroatoms. The largest absolute Gasteiger partial charge is 0.496 e. The van der Waals surface area contributed by atoms with Gasteiger partial charge in [-0.3, -0.25) is 4.99 Å². The minimum atomic E-state index is 0.535. The Morgan fingerprint density at radius 2 is 1.68 bits per heavy atom. The molecule has 0 amide bonds. The third-order valence-electron chi connectivity index (χ3n) is 3.57. The Bertz CT molecular complexity index is 750. The molecule has 2 aromatic carbocycles. The van der Waals surface area contributed by atoms with Crippen molar-refractivity contribution in [1.82, 2.24) is 5.32 Å². The summed E-state index contributed by atoms with van der Waals surface area (Å²) in [5.41, 5.74) is 1.80. The molecule has 2 N–H and O–H groups in total. The molecule has 0 bridgehead atoms. The van der Waals surface area contributed by atoms with E-state index in [0.717, 1.165) is 17.0 Å². The highest BCUT2D eigenvalue weighted by Gasteiger charge is 2.08. The first kappa shape index (κ1) is 18.7. The van der Waals surface area contributed by atoms with Crippen LogP contribution in [0.3, 0.4) is 0 Å². The fraction of sp³-hybridized carbons (Fsp3) is 0.278. The van der Waals surface area contributed by atoms with Gasteiger partial charge < -0.3 is 24.8 Å². The standard InChI is InChI=1S/C18H22ClN3O3/c1-20-18(21-11-12-5-6-13(19)9-16(12)24-3)22-14-7-8-15(23-2)17(10-14)25-4/h5-10H,11H2,1-4H3,(H2,20,21,22). The molecule has 0 heterocycles. The summed E-state index contributed by atoms with van der Waals surface area (Å²) in [6.45, 7) is 0.535. The SMILES string of the molecule is CN=C(NCc1ccc(Cl)cc1OC)Nc1ccc(OC)c(OC)c1. The number of anilines is 1. The predicted molar refractivity (Wildman–Crippen MR) is 101 cm³/mol. The molecule has 0 unspecified atom stereocenters. The molecule has 0 aliphatic rings. The minimum absolute atomic E-state index is 0.535. The second-order valence-corrected chi connectivity index (χ2v) is 5.51. The highest BCUT2D eigenvalue weighted by atomic mass is 35.5. The van der Waals surface area contributed by atoms with Gasteiger partial charge in [-0.05, 0) is 24.3 Å². The summed E-state index contributed by atoms with van der Waals surface area (Å²) < 4.78 is 15.9. The molecule has 6 nitrogen and oxygen atoms in total. The Kier molecular flexibility index (Phi) is 6.77. The number of hydrogen-bond donors (Lipinski definition) is 2. The van der Waals surface area contributed by atoms with Crippen molar-refractivity contribution in [3.63, 3.8) is 0 Å². The average Bonchev–Trinajstić information content (AvgIpc) is 2.65. The zero-order valence-corrected chi connectivity index (χ0v) is 15.5. The molecule has 0 radical (unpaired) electrons. The second-order valence-electron chi connectivity index (χ2n) is 5.08. The van der Waals surface area contributed by atoms with E-state index in [1.165, 1.54) is 0 Å². The number of aliphatic imine (C=N–C) groups is 1. The van der Waals surface area contributed by atoms with E-state index in [1.807, 2.05) is 30.3 Å². The molecule has 0 aliphatic carbocycles. The Balaban J connectivity index is 2.07. The van der Waals surface area contributed by atoms with Crippen LogP contribution in [0.5, 0.6) is 17.2 Å². The van der Waals surface area contributed by atoms with Crippen LogP contribution in [0.1, 0.15) is 5.56 Å². The van der Waals surface area contributed by atoms with Crippen molar-refractivity contribution in [2.75, 3.05) is 33.7 Å². The van der Waals surface area contributed by atoms with Gasteiger partial charge in [-0.1, -0.05) is 17.7 Å². The molecule has 0 saturated heterocycles. The molecule has 25 heavy (non-hydrogen) atoms. The first-order chi connectivity index (χ1) is 12.1. The fourth-order valence-electron chi connectivity index (χ4n) is 2.27. The molecule has 134 valence electrons. The van der Waals surface area contributed by atoms with E-state index in [2.05, 4.69) is 15.6 Å². The van der Waals surface area contributed by atoms with Gasteiger partial charge in [0.15, 0.2) is 17.5 Å². The van der Waals surface area contributed by atoms with Crippen molar-refractivity contribution in [2.45, 2.75) is 6.54 Å². The monoisotopic (exact) mass is 363 g/mol. The van der Waals surface area contributed by atoms with E-state index in [-0.39, 0.29) is 0 Å². The van der Waals surface area contributed by atoms with E-state index in [0.29, 0.717) is 29.0 Å². The summed E-state index contributed by atoms with van der Waals surface area (Å²) in [4.78, 5) is 4.23. The lowest BCUT2D eigenvalue weighted by molar-refractivity contribution is 0.355. The number of rotatable bonds is 6. The summed E-state index contributed by atoms with van der Waals surface area (Å²) in [7, 11) is 6.52. The topological polar surface area (TPSA) is 64.1 Å². The van der Waals surface area contributed by atoms with Crippen LogP contribution in [0.4, 0.5) is 5.69 Å². The highest BCUT2D eigenvalue weighted by Crippen LogP contribution is 2.29. The van der Waals surface area contributed by atoms with Crippen molar-refractivity contribution in [3.8, 4) is 17.2 Å². The minimum Gasteiger partial charge on any atom is -0.496 e. The van der Waals surface area contributed by atoms with Crippen molar-refractivity contribution in [2.24, 2.45) is 4.99 Å². The summed E-state index contributed by atoms with van der Waals surface area (Å²) in [5.74, 6) is 2.65. The lowest BCUT2D eigenvalue weighted by Crippen LogP contribution is -2.30. The lowest BCUT2D eigenvalue weighted by atomic mass is 10.2. The van der Waals surface area contributed by atoms with E-state index in [4.69, 9.17) is 25.8 Å². The second kappa shape index (κ2) is 9.03.